The van der Waals surface area contributed by atoms with Crippen LogP contribution in [0.3, 0.4) is 0 Å². The number of hydrogen-bond donors (Lipinski definition) is 2. The SMILES string of the molecule is CC(=O)OC1CCC[C@]2(C1)OOC1(O2)C2CC3CC1CC(NC(=O)CCCNC(=O)OCC1[C@H]4CCc5c(nnn5C)CC[C@@H]14)(C3)C2. The number of aryl methyl sites for hydroxylation is 2. The number of nitrogens with one attached hydrogen (secondary N) is 2. The Morgan fingerprint density at radius 3 is 2.60 bits per heavy atom. The standard InChI is InChI=1S/C34H49N5O8/c1-20(40)44-24-5-3-11-33(18-24)45-34(47-46-33)22-13-21-14-23(34)17-32(15-21,16-22)36-30(41)6-4-12-35-31(42)43-19-27-25-7-9-28-29(10-8-26(25)27)39(2)38-37-28/h21-27H,3-19H2,1-2H3,(H,35,42)(H,36,41)/t21?,22?,23?,24?,25-,26+,27?,32?,33-,34?/m1/s1. The number of nitrogens with zero attached hydrogens (tertiary/aromatic N) is 3. The Labute approximate surface area is 275 Å². The molecule has 2 heterocycles. The van der Waals surface area contributed by atoms with Crippen LogP contribution in [-0.2, 0) is 53.5 Å². The first-order valence-electron chi connectivity index (χ1n) is 18.0. The Morgan fingerprint density at radius 2 is 1.81 bits per heavy atom. The summed E-state index contributed by atoms with van der Waals surface area (Å²) < 4.78 is 19.8. The van der Waals surface area contributed by atoms with E-state index in [-0.39, 0.29) is 35.4 Å². The molecule has 7 fully saturated rings. The quantitative estimate of drug-likeness (QED) is 0.241. The number of rotatable bonds is 8. The van der Waals surface area contributed by atoms with Gasteiger partial charge < -0.3 is 24.8 Å². The number of fused-ring (bicyclic) bond motifs is 2. The molecule has 0 radical (unpaired) electrons. The van der Waals surface area contributed by atoms with E-state index in [4.69, 9.17) is 24.0 Å². The van der Waals surface area contributed by atoms with Crippen molar-refractivity contribution in [3.05, 3.63) is 11.4 Å². The largest absolute Gasteiger partial charge is 0.462 e. The van der Waals surface area contributed by atoms with Crippen molar-refractivity contribution in [2.45, 2.75) is 126 Å². The minimum absolute atomic E-state index is 0.0218. The minimum Gasteiger partial charge on any atom is -0.462 e. The number of aromatic nitrogens is 3. The predicted octanol–water partition coefficient (Wildman–Crippen LogP) is 3.63. The zero-order chi connectivity index (χ0) is 32.4. The number of carbonyl (C=O) groups is 3. The molecule has 1 saturated heterocycles. The van der Waals surface area contributed by atoms with Crippen LogP contribution in [0.4, 0.5) is 4.79 Å². The molecule has 1 aromatic rings. The van der Waals surface area contributed by atoms with Gasteiger partial charge in [0.2, 0.25) is 17.5 Å². The second-order valence-corrected chi connectivity index (χ2v) is 15.7. The molecule has 9 rings (SSSR count). The van der Waals surface area contributed by atoms with Gasteiger partial charge >= 0.3 is 12.1 Å². The van der Waals surface area contributed by atoms with E-state index in [2.05, 4.69) is 20.9 Å². The lowest BCUT2D eigenvalue weighted by atomic mass is 9.50. The molecule has 258 valence electrons. The van der Waals surface area contributed by atoms with Crippen LogP contribution < -0.4 is 10.6 Å². The third-order valence-corrected chi connectivity index (χ3v) is 12.6. The summed E-state index contributed by atoms with van der Waals surface area (Å²) in [6.07, 6.45) is 11.7. The number of ether oxygens (including phenoxy) is 3. The molecule has 1 aliphatic heterocycles. The molecule has 47 heavy (non-hydrogen) atoms. The van der Waals surface area contributed by atoms with Crippen molar-refractivity contribution in [1.29, 1.82) is 0 Å². The van der Waals surface area contributed by atoms with Crippen LogP contribution in [0.25, 0.3) is 0 Å². The zero-order valence-electron chi connectivity index (χ0n) is 27.7. The van der Waals surface area contributed by atoms with Gasteiger partial charge in [-0.25, -0.2) is 4.79 Å². The van der Waals surface area contributed by atoms with E-state index in [1.807, 2.05) is 11.7 Å². The Hall–Kier alpha value is -2.77. The van der Waals surface area contributed by atoms with Crippen molar-refractivity contribution >= 4 is 18.0 Å². The second kappa shape index (κ2) is 12.0. The maximum atomic E-state index is 13.2. The third kappa shape index (κ3) is 5.94. The van der Waals surface area contributed by atoms with Gasteiger partial charge in [-0.1, -0.05) is 5.21 Å². The van der Waals surface area contributed by atoms with Gasteiger partial charge in [-0.15, -0.1) is 5.10 Å². The van der Waals surface area contributed by atoms with Gasteiger partial charge in [0.1, 0.15) is 6.10 Å². The van der Waals surface area contributed by atoms with E-state index >= 15 is 0 Å². The van der Waals surface area contributed by atoms with E-state index in [9.17, 15) is 14.4 Å². The molecular weight excluding hydrogens is 606 g/mol. The fourth-order valence-electron chi connectivity index (χ4n) is 10.7. The number of alkyl carbamates (subject to hydrolysis) is 1. The highest BCUT2D eigenvalue weighted by atomic mass is 17.3. The number of amides is 2. The molecule has 7 atom stereocenters. The summed E-state index contributed by atoms with van der Waals surface area (Å²) in [7, 11) is 1.96. The van der Waals surface area contributed by atoms with Crippen LogP contribution in [0.5, 0.6) is 0 Å². The van der Waals surface area contributed by atoms with Crippen molar-refractivity contribution in [3.8, 4) is 0 Å². The summed E-state index contributed by atoms with van der Waals surface area (Å²) in [6, 6.07) is 0. The Morgan fingerprint density at radius 1 is 1.02 bits per heavy atom. The molecule has 4 bridgehead atoms. The van der Waals surface area contributed by atoms with Crippen LogP contribution in [0.15, 0.2) is 0 Å². The molecular formula is C34H49N5O8. The lowest BCUT2D eigenvalue weighted by Crippen LogP contribution is -2.69. The van der Waals surface area contributed by atoms with E-state index in [1.165, 1.54) is 12.6 Å². The lowest BCUT2D eigenvalue weighted by Gasteiger charge is -2.62. The highest BCUT2D eigenvalue weighted by Crippen LogP contribution is 2.65. The summed E-state index contributed by atoms with van der Waals surface area (Å²) >= 11 is 0. The van der Waals surface area contributed by atoms with E-state index in [1.54, 1.807) is 0 Å². The molecule has 0 aromatic carbocycles. The molecule has 2 spiro atoms. The second-order valence-electron chi connectivity index (χ2n) is 15.7. The summed E-state index contributed by atoms with van der Waals surface area (Å²) in [5, 5.41) is 14.7. The minimum atomic E-state index is -0.879. The van der Waals surface area contributed by atoms with Crippen molar-refractivity contribution < 1.29 is 38.4 Å². The Balaban J connectivity index is 0.769. The fraction of sp³-hybridized carbons (Fsp3) is 0.853. The monoisotopic (exact) mass is 655 g/mol. The molecule has 2 amide bonds. The van der Waals surface area contributed by atoms with E-state index in [0.29, 0.717) is 62.5 Å². The van der Waals surface area contributed by atoms with E-state index in [0.717, 1.165) is 76.3 Å². The Bertz CT molecular complexity index is 1380. The maximum Gasteiger partial charge on any atom is 0.407 e. The molecule has 8 aliphatic rings. The first-order chi connectivity index (χ1) is 22.6. The molecule has 13 nitrogen and oxygen atoms in total. The van der Waals surface area contributed by atoms with Crippen LogP contribution in [0.2, 0.25) is 0 Å². The van der Waals surface area contributed by atoms with Gasteiger partial charge in [0.25, 0.3) is 0 Å². The number of esters is 1. The topological polar surface area (TPSA) is 152 Å². The zero-order valence-corrected chi connectivity index (χ0v) is 27.7. The van der Waals surface area contributed by atoms with Crippen molar-refractivity contribution in [2.24, 2.45) is 42.6 Å². The molecule has 7 aliphatic carbocycles. The summed E-state index contributed by atoms with van der Waals surface area (Å²) in [5.74, 6) is 0.448. The highest BCUT2D eigenvalue weighted by molar-refractivity contribution is 5.77. The maximum absolute atomic E-state index is 13.2. The third-order valence-electron chi connectivity index (χ3n) is 12.6. The van der Waals surface area contributed by atoms with Crippen molar-refractivity contribution in [2.75, 3.05) is 13.2 Å². The first-order valence-corrected chi connectivity index (χ1v) is 18.0. The Kier molecular flexibility index (Phi) is 8.03. The summed E-state index contributed by atoms with van der Waals surface area (Å²) in [4.78, 5) is 49.4. The van der Waals surface area contributed by atoms with Gasteiger partial charge in [-0.2, -0.15) is 9.78 Å². The predicted molar refractivity (Wildman–Crippen MR) is 164 cm³/mol. The molecule has 13 heteroatoms. The molecule has 4 unspecified atom stereocenters. The molecule has 1 aromatic heterocycles. The first kappa shape index (κ1) is 31.5. The van der Waals surface area contributed by atoms with Crippen molar-refractivity contribution in [3.63, 3.8) is 0 Å². The average molecular weight is 656 g/mol. The van der Waals surface area contributed by atoms with Crippen molar-refractivity contribution in [1.82, 2.24) is 25.6 Å². The fourth-order valence-corrected chi connectivity index (χ4v) is 10.7. The van der Waals surface area contributed by atoms with Crippen LogP contribution in [-0.4, -0.2) is 69.3 Å². The summed E-state index contributed by atoms with van der Waals surface area (Å²) in [6.45, 7) is 2.28. The van der Waals surface area contributed by atoms with Gasteiger partial charge in [-0.3, -0.25) is 14.3 Å². The smallest absolute Gasteiger partial charge is 0.407 e. The van der Waals surface area contributed by atoms with Crippen LogP contribution in [0.1, 0.15) is 102 Å². The highest BCUT2D eigenvalue weighted by Gasteiger charge is 2.70. The lowest BCUT2D eigenvalue weighted by molar-refractivity contribution is -0.392. The van der Waals surface area contributed by atoms with E-state index < -0.39 is 17.7 Å². The average Bonchev–Trinajstić information content (AvgIpc) is 3.33. The summed E-state index contributed by atoms with van der Waals surface area (Å²) in [5.41, 5.74) is 2.09. The van der Waals surface area contributed by atoms with Crippen LogP contribution >= 0.6 is 0 Å². The van der Waals surface area contributed by atoms with Crippen LogP contribution in [0, 0.1) is 35.5 Å². The number of hydrogen-bond acceptors (Lipinski definition) is 10. The van der Waals surface area contributed by atoms with Gasteiger partial charge in [0.05, 0.1) is 18.0 Å². The van der Waals surface area contributed by atoms with Gasteiger partial charge in [0.15, 0.2) is 0 Å². The van der Waals surface area contributed by atoms with Gasteiger partial charge in [-0.05, 0) is 101 Å². The van der Waals surface area contributed by atoms with Gasteiger partial charge in [0, 0.05) is 57.2 Å². The number of carbonyl (C=O) groups excluding carboxylic acids is 3. The normalized spacial score (nSPS) is 41.1. The molecule has 6 saturated carbocycles. The molecule has 2 N–H and O–H groups in total.